The number of anilines is 1. The maximum absolute atomic E-state index is 12.2. The molecule has 3 nitrogen and oxygen atoms in total. The Labute approximate surface area is 116 Å². The van der Waals surface area contributed by atoms with Gasteiger partial charge >= 0.3 is 0 Å². The molecule has 2 rings (SSSR count). The van der Waals surface area contributed by atoms with E-state index in [0.29, 0.717) is 28.6 Å². The quantitative estimate of drug-likeness (QED) is 0.891. The normalized spacial score (nSPS) is 17.2. The van der Waals surface area contributed by atoms with Gasteiger partial charge in [0.15, 0.2) is 0 Å². The summed E-state index contributed by atoms with van der Waals surface area (Å²) in [6.07, 6.45) is 3.08. The fourth-order valence-corrected chi connectivity index (χ4v) is 2.49. The van der Waals surface area contributed by atoms with E-state index in [1.807, 2.05) is 0 Å². The van der Waals surface area contributed by atoms with Crippen molar-refractivity contribution >= 4 is 34.8 Å². The average molecular weight is 283 g/mol. The summed E-state index contributed by atoms with van der Waals surface area (Å²) < 4.78 is 0. The summed E-state index contributed by atoms with van der Waals surface area (Å²) in [5, 5.41) is 12.8. The minimum atomic E-state index is -0.883. The zero-order valence-electron chi connectivity index (χ0n) is 9.67. The van der Waals surface area contributed by atoms with Crippen LogP contribution in [0.15, 0.2) is 18.2 Å². The Morgan fingerprint density at radius 2 is 1.94 bits per heavy atom. The van der Waals surface area contributed by atoms with Gasteiger partial charge in [0.05, 0.1) is 16.1 Å². The molecule has 1 aromatic rings. The van der Waals surface area contributed by atoms with Crippen molar-refractivity contribution in [2.75, 3.05) is 5.32 Å². The Kier molecular flexibility index (Phi) is 3.79. The molecular weight excluding hydrogens is 271 g/mol. The molecule has 0 unspecified atom stereocenters. The predicted octanol–water partition coefficient (Wildman–Crippen LogP) is 4.02. The largest absolute Gasteiger partial charge is 0.325 e. The highest BCUT2D eigenvalue weighted by Gasteiger charge is 2.41. The van der Waals surface area contributed by atoms with Gasteiger partial charge in [-0.3, -0.25) is 4.79 Å². The van der Waals surface area contributed by atoms with Gasteiger partial charge in [-0.15, -0.1) is 0 Å². The SMILES string of the molecule is N#CC1(C(=O)Nc2ccc(Cl)c(Cl)c2)CCCC1. The van der Waals surface area contributed by atoms with Gasteiger partial charge in [0.2, 0.25) is 5.91 Å². The first-order valence-corrected chi connectivity index (χ1v) is 6.51. The van der Waals surface area contributed by atoms with Crippen molar-refractivity contribution in [3.63, 3.8) is 0 Å². The molecule has 0 spiro atoms. The number of carbonyl (C=O) groups excluding carboxylic acids is 1. The van der Waals surface area contributed by atoms with Crippen LogP contribution in [-0.4, -0.2) is 5.91 Å². The van der Waals surface area contributed by atoms with E-state index in [0.717, 1.165) is 12.8 Å². The first kappa shape index (κ1) is 13.2. The van der Waals surface area contributed by atoms with Crippen molar-refractivity contribution in [2.45, 2.75) is 25.7 Å². The van der Waals surface area contributed by atoms with E-state index < -0.39 is 5.41 Å². The molecule has 5 heteroatoms. The highest BCUT2D eigenvalue weighted by atomic mass is 35.5. The molecule has 0 atom stereocenters. The summed E-state index contributed by atoms with van der Waals surface area (Å²) in [6.45, 7) is 0. The summed E-state index contributed by atoms with van der Waals surface area (Å²) in [6, 6.07) is 7.03. The van der Waals surface area contributed by atoms with Crippen LogP contribution in [-0.2, 0) is 4.79 Å². The van der Waals surface area contributed by atoms with Gasteiger partial charge < -0.3 is 5.32 Å². The van der Waals surface area contributed by atoms with Crippen LogP contribution < -0.4 is 5.32 Å². The number of nitrogens with zero attached hydrogens (tertiary/aromatic N) is 1. The number of nitrogens with one attached hydrogen (secondary N) is 1. The minimum absolute atomic E-state index is 0.249. The van der Waals surface area contributed by atoms with E-state index in [2.05, 4.69) is 11.4 Å². The molecule has 1 amide bonds. The topological polar surface area (TPSA) is 52.9 Å². The lowest BCUT2D eigenvalue weighted by atomic mass is 9.87. The van der Waals surface area contributed by atoms with E-state index >= 15 is 0 Å². The maximum Gasteiger partial charge on any atom is 0.244 e. The van der Waals surface area contributed by atoms with Crippen molar-refractivity contribution in [3.8, 4) is 6.07 Å². The number of amides is 1. The Bertz CT molecular complexity index is 516. The van der Waals surface area contributed by atoms with Gasteiger partial charge in [0.25, 0.3) is 0 Å². The van der Waals surface area contributed by atoms with Crippen LogP contribution >= 0.6 is 23.2 Å². The molecule has 0 saturated heterocycles. The second-order valence-electron chi connectivity index (χ2n) is 4.48. The fraction of sp³-hybridized carbons (Fsp3) is 0.385. The Hall–Kier alpha value is -1.24. The molecule has 0 radical (unpaired) electrons. The monoisotopic (exact) mass is 282 g/mol. The third kappa shape index (κ3) is 2.45. The number of nitriles is 1. The number of hydrogen-bond acceptors (Lipinski definition) is 2. The standard InChI is InChI=1S/C13H12Cl2N2O/c14-10-4-3-9(7-11(10)15)17-12(18)13(8-16)5-1-2-6-13/h3-4,7H,1-2,5-6H2,(H,17,18). The lowest BCUT2D eigenvalue weighted by Crippen LogP contribution is -2.32. The van der Waals surface area contributed by atoms with E-state index in [4.69, 9.17) is 23.2 Å². The van der Waals surface area contributed by atoms with E-state index in [1.165, 1.54) is 0 Å². The number of halogens is 2. The van der Waals surface area contributed by atoms with Gasteiger partial charge in [-0.05, 0) is 31.0 Å². The van der Waals surface area contributed by atoms with Gasteiger partial charge in [0, 0.05) is 5.69 Å². The van der Waals surface area contributed by atoms with Crippen LogP contribution in [0.25, 0.3) is 0 Å². The van der Waals surface area contributed by atoms with E-state index in [1.54, 1.807) is 18.2 Å². The Balaban J connectivity index is 2.16. The predicted molar refractivity (Wildman–Crippen MR) is 71.6 cm³/mol. The van der Waals surface area contributed by atoms with Crippen LogP contribution in [0.2, 0.25) is 10.0 Å². The summed E-state index contributed by atoms with van der Waals surface area (Å²) in [5.74, 6) is -0.249. The number of rotatable bonds is 2. The molecule has 0 aliphatic heterocycles. The maximum atomic E-state index is 12.2. The molecule has 1 aromatic carbocycles. The number of hydrogen-bond donors (Lipinski definition) is 1. The zero-order valence-corrected chi connectivity index (χ0v) is 11.2. The molecular formula is C13H12Cl2N2O. The van der Waals surface area contributed by atoms with Gasteiger partial charge in [-0.2, -0.15) is 5.26 Å². The number of benzene rings is 1. The van der Waals surface area contributed by atoms with Crippen molar-refractivity contribution in [3.05, 3.63) is 28.2 Å². The molecule has 1 aliphatic rings. The van der Waals surface area contributed by atoms with E-state index in [9.17, 15) is 10.1 Å². The minimum Gasteiger partial charge on any atom is -0.325 e. The van der Waals surface area contributed by atoms with Gasteiger partial charge in [-0.1, -0.05) is 36.0 Å². The third-order valence-electron chi connectivity index (χ3n) is 3.28. The van der Waals surface area contributed by atoms with Gasteiger partial charge in [0.1, 0.15) is 5.41 Å². The summed E-state index contributed by atoms with van der Waals surface area (Å²) in [7, 11) is 0. The zero-order chi connectivity index (χ0) is 13.2. The average Bonchev–Trinajstić information content (AvgIpc) is 2.84. The van der Waals surface area contributed by atoms with E-state index in [-0.39, 0.29) is 5.91 Å². The Morgan fingerprint density at radius 3 is 2.50 bits per heavy atom. The summed E-state index contributed by atoms with van der Waals surface area (Å²) in [5.41, 5.74) is -0.317. The molecule has 1 fully saturated rings. The van der Waals surface area contributed by atoms with Crippen molar-refractivity contribution < 1.29 is 4.79 Å². The fourth-order valence-electron chi connectivity index (χ4n) is 2.19. The second-order valence-corrected chi connectivity index (χ2v) is 5.30. The first-order valence-electron chi connectivity index (χ1n) is 5.75. The molecule has 0 bridgehead atoms. The Morgan fingerprint density at radius 1 is 1.28 bits per heavy atom. The molecule has 94 valence electrons. The molecule has 0 heterocycles. The van der Waals surface area contributed by atoms with Crippen molar-refractivity contribution in [1.29, 1.82) is 5.26 Å². The molecule has 0 aromatic heterocycles. The molecule has 1 saturated carbocycles. The highest BCUT2D eigenvalue weighted by Crippen LogP contribution is 2.38. The smallest absolute Gasteiger partial charge is 0.244 e. The van der Waals surface area contributed by atoms with Crippen LogP contribution in [0.5, 0.6) is 0 Å². The van der Waals surface area contributed by atoms with Crippen LogP contribution in [0.1, 0.15) is 25.7 Å². The first-order chi connectivity index (χ1) is 8.57. The third-order valence-corrected chi connectivity index (χ3v) is 4.02. The van der Waals surface area contributed by atoms with Crippen LogP contribution in [0.3, 0.4) is 0 Å². The molecule has 1 N–H and O–H groups in total. The van der Waals surface area contributed by atoms with Gasteiger partial charge in [-0.25, -0.2) is 0 Å². The lowest BCUT2D eigenvalue weighted by Gasteiger charge is -2.19. The molecule has 1 aliphatic carbocycles. The summed E-state index contributed by atoms with van der Waals surface area (Å²) >= 11 is 11.7. The van der Waals surface area contributed by atoms with Crippen molar-refractivity contribution in [2.24, 2.45) is 5.41 Å². The van der Waals surface area contributed by atoms with Crippen LogP contribution in [0, 0.1) is 16.7 Å². The highest BCUT2D eigenvalue weighted by molar-refractivity contribution is 6.42. The van der Waals surface area contributed by atoms with Crippen molar-refractivity contribution in [1.82, 2.24) is 0 Å². The molecule has 18 heavy (non-hydrogen) atoms. The second kappa shape index (κ2) is 5.17. The lowest BCUT2D eigenvalue weighted by molar-refractivity contribution is -0.122. The summed E-state index contributed by atoms with van der Waals surface area (Å²) in [4.78, 5) is 12.2. The van der Waals surface area contributed by atoms with Crippen LogP contribution in [0.4, 0.5) is 5.69 Å². The number of carbonyl (C=O) groups is 1.